The molecule has 0 saturated carbocycles. The number of piperidine rings is 1. The van der Waals surface area contributed by atoms with Gasteiger partial charge in [0.2, 0.25) is 11.8 Å². The van der Waals surface area contributed by atoms with Crippen LogP contribution in [0.15, 0.2) is 78.9 Å². The van der Waals surface area contributed by atoms with Crippen molar-refractivity contribution in [3.8, 4) is 23.6 Å². The first kappa shape index (κ1) is 51.8. The van der Waals surface area contributed by atoms with Gasteiger partial charge in [0.05, 0.1) is 53.6 Å². The van der Waals surface area contributed by atoms with Crippen molar-refractivity contribution >= 4 is 80.8 Å². The van der Waals surface area contributed by atoms with Crippen LogP contribution < -0.4 is 40.0 Å². The molecule has 76 heavy (non-hydrogen) atoms. The second kappa shape index (κ2) is 22.3. The van der Waals surface area contributed by atoms with Crippen LogP contribution in [0, 0.1) is 11.3 Å². The highest BCUT2D eigenvalue weighted by Crippen LogP contribution is 2.39. The first-order chi connectivity index (χ1) is 36.8. The Morgan fingerprint density at radius 1 is 0.908 bits per heavy atom. The number of carbonyl (C=O) groups is 5. The van der Waals surface area contributed by atoms with E-state index in [4.69, 9.17) is 47.4 Å². The molecule has 19 nitrogen and oxygen atoms in total. The van der Waals surface area contributed by atoms with E-state index in [2.05, 4.69) is 68.5 Å². The van der Waals surface area contributed by atoms with Gasteiger partial charge in [-0.25, -0.2) is 4.79 Å². The van der Waals surface area contributed by atoms with E-state index in [-0.39, 0.29) is 103 Å². The molecular formula is C55H57Cl2N11O8. The lowest BCUT2D eigenvalue weighted by molar-refractivity contribution is -0.137. The Hall–Kier alpha value is -7.66. The number of anilines is 3. The van der Waals surface area contributed by atoms with E-state index < -0.39 is 24.0 Å². The molecule has 0 aliphatic carbocycles. The second-order valence-electron chi connectivity index (χ2n) is 19.7. The summed E-state index contributed by atoms with van der Waals surface area (Å²) in [6.45, 7) is 7.77. The molecule has 6 heterocycles. The molecule has 5 aliphatic rings. The molecule has 10 rings (SSSR count). The van der Waals surface area contributed by atoms with Gasteiger partial charge in [0.15, 0.2) is 0 Å². The van der Waals surface area contributed by atoms with Crippen LogP contribution in [-0.4, -0.2) is 133 Å². The summed E-state index contributed by atoms with van der Waals surface area (Å²) in [6, 6.07) is 21.2. The number of benzene rings is 4. The normalized spacial score (nSPS) is 19.5. The first-order valence-corrected chi connectivity index (χ1v) is 26.1. The molecule has 4 aromatic carbocycles. The Balaban J connectivity index is 0.801. The SMILES string of the molecule is C=C(COc1cc(Cl)c(OC)cc1NC(=O)NCc1ccc2c(c1)CN(C1CCC(=O)NC1=O)C2=O)C(=O)N1CCN(c2nc(OC[C@@H]3CCCN3C)nc3c2CCN(c2cccc4cccc(Cl)c24)C3)C[C@@H]1CC#N. The average molecular weight is 1070 g/mol. The predicted octanol–water partition coefficient (Wildman–Crippen LogP) is 6.63. The van der Waals surface area contributed by atoms with Crippen LogP contribution >= 0.6 is 23.2 Å². The molecule has 0 bridgehead atoms. The first-order valence-electron chi connectivity index (χ1n) is 25.3. The highest BCUT2D eigenvalue weighted by atomic mass is 35.5. The number of likely N-dealkylation sites (tertiary alicyclic amines) is 1. The van der Waals surface area contributed by atoms with Gasteiger partial charge in [-0.2, -0.15) is 15.2 Å². The van der Waals surface area contributed by atoms with Gasteiger partial charge in [-0.15, -0.1) is 0 Å². The lowest BCUT2D eigenvalue weighted by Crippen LogP contribution is -2.56. The maximum atomic E-state index is 14.3. The van der Waals surface area contributed by atoms with Gasteiger partial charge in [0.1, 0.15) is 36.6 Å². The number of nitriles is 1. The zero-order valence-corrected chi connectivity index (χ0v) is 43.7. The number of aromatic nitrogens is 2. The van der Waals surface area contributed by atoms with E-state index in [0.29, 0.717) is 60.9 Å². The summed E-state index contributed by atoms with van der Waals surface area (Å²) < 4.78 is 18.0. The molecule has 1 aromatic heterocycles. The van der Waals surface area contributed by atoms with Crippen LogP contribution in [0.5, 0.6) is 17.5 Å². The molecule has 21 heteroatoms. The highest BCUT2D eigenvalue weighted by Gasteiger charge is 2.40. The fourth-order valence-electron chi connectivity index (χ4n) is 10.8. The molecule has 6 amide bonds. The Morgan fingerprint density at radius 2 is 1.74 bits per heavy atom. The monoisotopic (exact) mass is 1070 g/mol. The highest BCUT2D eigenvalue weighted by molar-refractivity contribution is 6.36. The van der Waals surface area contributed by atoms with Gasteiger partial charge in [0, 0.05) is 91.6 Å². The van der Waals surface area contributed by atoms with Crippen LogP contribution in [-0.2, 0) is 40.4 Å². The number of carbonyl (C=O) groups excluding carboxylic acids is 5. The van der Waals surface area contributed by atoms with Gasteiger partial charge < -0.3 is 49.3 Å². The Morgan fingerprint density at radius 3 is 2.51 bits per heavy atom. The Bertz CT molecular complexity index is 3200. The largest absolute Gasteiger partial charge is 0.495 e. The molecule has 394 valence electrons. The number of nitrogens with zero attached hydrogens (tertiary/aromatic N) is 8. The van der Waals surface area contributed by atoms with Crippen molar-refractivity contribution in [3.63, 3.8) is 0 Å². The van der Waals surface area contributed by atoms with Crippen molar-refractivity contribution in [2.75, 3.05) is 75.2 Å². The minimum atomic E-state index is -0.743. The summed E-state index contributed by atoms with van der Waals surface area (Å²) in [6.07, 6.45) is 3.22. The third kappa shape index (κ3) is 10.7. The zero-order valence-electron chi connectivity index (χ0n) is 42.2. The third-order valence-corrected chi connectivity index (χ3v) is 15.5. The third-order valence-electron chi connectivity index (χ3n) is 14.9. The summed E-state index contributed by atoms with van der Waals surface area (Å²) in [5, 5.41) is 20.9. The van der Waals surface area contributed by atoms with Crippen LogP contribution in [0.25, 0.3) is 10.8 Å². The molecule has 0 radical (unpaired) electrons. The van der Waals surface area contributed by atoms with Gasteiger partial charge in [-0.1, -0.05) is 66.2 Å². The van der Waals surface area contributed by atoms with Crippen molar-refractivity contribution in [3.05, 3.63) is 117 Å². The molecular weight excluding hydrogens is 1010 g/mol. The number of piperazine rings is 1. The number of hydrogen-bond acceptors (Lipinski definition) is 14. The molecule has 3 saturated heterocycles. The van der Waals surface area contributed by atoms with E-state index in [1.165, 1.54) is 24.1 Å². The average Bonchev–Trinajstić information content (AvgIpc) is 4.00. The standard InChI is InChI=1S/C55H57Cl2N11O8/c1-32(30-75-47-24-41(57)46(74-3)25-42(47)60-54(73)59-26-33-12-13-38-35(23-33)27-68(53(38)72)45-14-15-48(69)62-51(45)70)52(71)67-22-21-66(28-36(67)16-18-58)50-39-17-20-65(44-11-5-8-34-7-4-10-40(56)49(34)44)29-43(39)61-55(63-50)76-31-37-9-6-19-64(37)2/h4-5,7-8,10-13,23-25,36-37,45H,1,6,9,14-17,19-22,26-31H2,2-3H3,(H2,59,60,73)(H,62,69,70)/t36-,37-,45?/m0/s1. The maximum absolute atomic E-state index is 14.3. The van der Waals surface area contributed by atoms with Crippen LogP contribution in [0.4, 0.5) is 22.0 Å². The number of methoxy groups -OCH3 is 1. The number of nitrogens with one attached hydrogen (secondary N) is 3. The minimum Gasteiger partial charge on any atom is -0.495 e. The number of imide groups is 1. The van der Waals surface area contributed by atoms with E-state index >= 15 is 0 Å². The maximum Gasteiger partial charge on any atom is 0.319 e. The second-order valence-corrected chi connectivity index (χ2v) is 20.5. The number of ether oxygens (including phenoxy) is 3. The quantitative estimate of drug-likeness (QED) is 0.0742. The van der Waals surface area contributed by atoms with Crippen molar-refractivity contribution in [2.24, 2.45) is 0 Å². The van der Waals surface area contributed by atoms with Crippen molar-refractivity contribution in [1.29, 1.82) is 5.26 Å². The summed E-state index contributed by atoms with van der Waals surface area (Å²) in [7, 11) is 3.54. The minimum absolute atomic E-state index is 0.0539. The van der Waals surface area contributed by atoms with Crippen LogP contribution in [0.3, 0.4) is 0 Å². The summed E-state index contributed by atoms with van der Waals surface area (Å²) in [5.74, 6) is -0.399. The van der Waals surface area contributed by atoms with Gasteiger partial charge >= 0.3 is 12.0 Å². The molecule has 3 fully saturated rings. The molecule has 3 atom stereocenters. The van der Waals surface area contributed by atoms with E-state index in [0.717, 1.165) is 52.9 Å². The summed E-state index contributed by atoms with van der Waals surface area (Å²) >= 11 is 13.3. The number of rotatable bonds is 15. The number of hydrogen-bond donors (Lipinski definition) is 3. The molecule has 3 N–H and O–H groups in total. The Kier molecular flexibility index (Phi) is 15.2. The van der Waals surface area contributed by atoms with Crippen LogP contribution in [0.2, 0.25) is 10.0 Å². The summed E-state index contributed by atoms with van der Waals surface area (Å²) in [4.78, 5) is 85.1. The smallest absolute Gasteiger partial charge is 0.319 e. The predicted molar refractivity (Wildman–Crippen MR) is 286 cm³/mol. The van der Waals surface area contributed by atoms with E-state index in [9.17, 15) is 29.2 Å². The topological polar surface area (TPSA) is 215 Å². The van der Waals surface area contributed by atoms with E-state index in [1.54, 1.807) is 23.1 Å². The number of urea groups is 1. The van der Waals surface area contributed by atoms with Crippen molar-refractivity contribution in [2.45, 2.75) is 76.3 Å². The lowest BCUT2D eigenvalue weighted by Gasteiger charge is -2.42. The number of halogens is 2. The molecule has 1 unspecified atom stereocenters. The van der Waals surface area contributed by atoms with Gasteiger partial charge in [-0.05, 0) is 74.0 Å². The zero-order chi connectivity index (χ0) is 53.2. The molecule has 5 aromatic rings. The fraction of sp³-hybridized carbons (Fsp3) is 0.382. The van der Waals surface area contributed by atoms with Crippen LogP contribution in [0.1, 0.15) is 64.8 Å². The lowest BCUT2D eigenvalue weighted by atomic mass is 10.0. The van der Waals surface area contributed by atoms with E-state index in [1.807, 2.05) is 18.2 Å². The number of likely N-dealkylation sites (N-methyl/N-ethyl adjacent to an activating group) is 1. The Labute approximate surface area is 449 Å². The van der Waals surface area contributed by atoms with Gasteiger partial charge in [-0.3, -0.25) is 24.5 Å². The van der Waals surface area contributed by atoms with Crippen molar-refractivity contribution in [1.82, 2.24) is 35.3 Å². The summed E-state index contributed by atoms with van der Waals surface area (Å²) in [5.41, 5.74) is 5.04. The van der Waals surface area contributed by atoms with Crippen molar-refractivity contribution < 1.29 is 38.2 Å². The molecule has 0 spiro atoms. The fourth-order valence-corrected chi connectivity index (χ4v) is 11.4. The number of fused-ring (bicyclic) bond motifs is 3. The van der Waals surface area contributed by atoms with Gasteiger partial charge in [0.25, 0.3) is 11.8 Å². The number of amides is 6. The molecule has 5 aliphatic heterocycles.